The maximum Gasteiger partial charge on any atom is 0.312 e. The third kappa shape index (κ3) is 7.62. The minimum atomic E-state index is -2.16. The minimum absolute atomic E-state index is 1.30. The van der Waals surface area contributed by atoms with E-state index in [9.17, 15) is 0 Å². The summed E-state index contributed by atoms with van der Waals surface area (Å²) in [4.78, 5) is 0. The average molecular weight is 321 g/mol. The summed E-state index contributed by atoms with van der Waals surface area (Å²) in [5.74, 6) is 0. The summed E-state index contributed by atoms with van der Waals surface area (Å²) in [6, 6.07) is 0. The molecule has 106 valence electrons. The first-order valence-corrected chi connectivity index (χ1v) is 17.2. The summed E-state index contributed by atoms with van der Waals surface area (Å²) in [6.07, 6.45) is 0. The van der Waals surface area contributed by atoms with Crippen LogP contribution >= 0.6 is 0 Å². The Kier molecular flexibility index (Phi) is 6.68. The Balaban J connectivity index is 4.64. The molecule has 0 heterocycles. The van der Waals surface area contributed by atoms with E-state index in [0.29, 0.717) is 0 Å². The van der Waals surface area contributed by atoms with Crippen LogP contribution in [0.1, 0.15) is 0 Å². The third-order valence-corrected chi connectivity index (χ3v) is 15.7. The highest BCUT2D eigenvalue weighted by Gasteiger charge is 2.40. The fourth-order valence-corrected chi connectivity index (χ4v) is 17.1. The zero-order chi connectivity index (χ0) is 14.6. The first-order valence-electron chi connectivity index (χ1n) is 6.27. The maximum atomic E-state index is 6.24. The normalized spacial score (nSPS) is 15.3. The Hall–Kier alpha value is 0.228. The predicted octanol–water partition coefficient (Wildman–Crippen LogP) is 3.45. The molecule has 3 nitrogen and oxygen atoms in total. The molecule has 0 aromatic rings. The first kappa shape index (κ1) is 18.2. The third-order valence-electron chi connectivity index (χ3n) is 2.29. The molecule has 0 aromatic carbocycles. The van der Waals surface area contributed by atoms with Crippen LogP contribution in [0.15, 0.2) is 24.6 Å². The van der Waals surface area contributed by atoms with Gasteiger partial charge in [-0.3, -0.25) is 0 Å². The van der Waals surface area contributed by atoms with Gasteiger partial charge in [0.25, 0.3) is 0 Å². The van der Waals surface area contributed by atoms with Gasteiger partial charge >= 0.3 is 17.1 Å². The van der Waals surface area contributed by atoms with Crippen molar-refractivity contribution in [1.82, 2.24) is 0 Å². The second kappa shape index (κ2) is 6.59. The molecular weight excluding hydrogens is 292 g/mol. The van der Waals surface area contributed by atoms with Gasteiger partial charge in [-0.2, -0.15) is 0 Å². The van der Waals surface area contributed by atoms with Crippen LogP contribution in [-0.2, 0) is 12.3 Å². The lowest BCUT2D eigenvalue weighted by Crippen LogP contribution is -2.54. The second-order valence-corrected chi connectivity index (χ2v) is 19.5. The molecule has 0 aliphatic heterocycles. The molecule has 18 heavy (non-hydrogen) atoms. The zero-order valence-electron chi connectivity index (χ0n) is 12.9. The summed E-state index contributed by atoms with van der Waals surface area (Å²) in [6.45, 7) is 22.4. The van der Waals surface area contributed by atoms with Crippen LogP contribution in [0.2, 0.25) is 45.8 Å². The van der Waals surface area contributed by atoms with Crippen molar-refractivity contribution in [3.8, 4) is 0 Å². The second-order valence-electron chi connectivity index (χ2n) is 5.87. The van der Waals surface area contributed by atoms with Crippen LogP contribution in [0.4, 0.5) is 0 Å². The Labute approximate surface area is 117 Å². The monoisotopic (exact) mass is 320 g/mol. The van der Waals surface area contributed by atoms with Crippen molar-refractivity contribution in [3.63, 3.8) is 0 Å². The molecule has 0 amide bonds. The molecule has 0 fully saturated rings. The van der Waals surface area contributed by atoms with Gasteiger partial charge in [-0.25, -0.2) is 0 Å². The highest BCUT2D eigenvalue weighted by atomic mass is 28.5. The van der Waals surface area contributed by atoms with Crippen molar-refractivity contribution in [2.75, 3.05) is 0 Å². The van der Waals surface area contributed by atoms with Gasteiger partial charge in [0.2, 0.25) is 0 Å². The summed E-state index contributed by atoms with van der Waals surface area (Å²) < 4.78 is 18.5. The van der Waals surface area contributed by atoms with Crippen molar-refractivity contribution in [2.24, 2.45) is 0 Å². The molecule has 0 spiro atoms. The van der Waals surface area contributed by atoms with Crippen molar-refractivity contribution >= 4 is 34.5 Å². The highest BCUT2D eigenvalue weighted by Crippen LogP contribution is 2.22. The van der Waals surface area contributed by atoms with E-state index in [1.165, 1.54) is 0 Å². The summed E-state index contributed by atoms with van der Waals surface area (Å²) >= 11 is 0. The van der Waals surface area contributed by atoms with E-state index in [1.54, 1.807) is 0 Å². The first-order chi connectivity index (χ1) is 7.93. The minimum Gasteiger partial charge on any atom is -0.436 e. The fourth-order valence-electron chi connectivity index (χ4n) is 1.81. The van der Waals surface area contributed by atoms with Crippen LogP contribution in [-0.4, -0.2) is 34.5 Å². The average Bonchev–Trinajstić information content (AvgIpc) is 2.13. The molecule has 0 aromatic heterocycles. The molecule has 0 saturated carbocycles. The van der Waals surface area contributed by atoms with Crippen molar-refractivity contribution in [3.05, 3.63) is 24.6 Å². The molecule has 0 rings (SSSR count). The lowest BCUT2D eigenvalue weighted by Gasteiger charge is -2.37. The lowest BCUT2D eigenvalue weighted by atomic mass is 11.3. The van der Waals surface area contributed by atoms with E-state index in [0.717, 1.165) is 0 Å². The SMILES string of the molecule is C=C[SiH](C)O[Si](C)(C)O[Si](C)(C)O[Si](C)(C)C=C. The van der Waals surface area contributed by atoms with Gasteiger partial charge in [0.15, 0.2) is 17.4 Å². The summed E-state index contributed by atoms with van der Waals surface area (Å²) in [7, 11) is -7.38. The van der Waals surface area contributed by atoms with Crippen LogP contribution in [0.25, 0.3) is 0 Å². The quantitative estimate of drug-likeness (QED) is 0.641. The van der Waals surface area contributed by atoms with Gasteiger partial charge in [0, 0.05) is 0 Å². The Morgan fingerprint density at radius 2 is 1.39 bits per heavy atom. The summed E-state index contributed by atoms with van der Waals surface area (Å²) in [5.41, 5.74) is 3.87. The number of rotatable bonds is 8. The van der Waals surface area contributed by atoms with E-state index in [2.05, 4.69) is 59.0 Å². The number of hydrogen-bond donors (Lipinski definition) is 0. The van der Waals surface area contributed by atoms with Gasteiger partial charge in [0.05, 0.1) is 0 Å². The molecule has 0 bridgehead atoms. The van der Waals surface area contributed by atoms with Crippen molar-refractivity contribution in [2.45, 2.75) is 45.8 Å². The molecule has 7 heteroatoms. The molecule has 0 saturated heterocycles. The largest absolute Gasteiger partial charge is 0.436 e. The maximum absolute atomic E-state index is 6.24. The van der Waals surface area contributed by atoms with Gasteiger partial charge in [-0.1, -0.05) is 11.4 Å². The van der Waals surface area contributed by atoms with Gasteiger partial charge in [-0.15, -0.1) is 13.2 Å². The Morgan fingerprint density at radius 1 is 0.889 bits per heavy atom. The molecule has 1 atom stereocenters. The molecule has 0 aliphatic carbocycles. The van der Waals surface area contributed by atoms with Gasteiger partial charge in [0.1, 0.15) is 0 Å². The molecule has 1 unspecified atom stereocenters. The molecule has 0 N–H and O–H groups in total. The van der Waals surface area contributed by atoms with E-state index in [1.807, 2.05) is 11.4 Å². The van der Waals surface area contributed by atoms with Crippen molar-refractivity contribution < 1.29 is 12.3 Å². The van der Waals surface area contributed by atoms with Gasteiger partial charge < -0.3 is 12.3 Å². The standard InChI is InChI=1S/C11H28O3Si4/c1-10-15(3)12-17(6,7)14-18(8,9)13-16(4,5)11-2/h10-11,15H,1-2H2,3-9H3. The number of hydrogen-bond acceptors (Lipinski definition) is 3. The van der Waals surface area contributed by atoms with Crippen LogP contribution in [0.3, 0.4) is 0 Å². The van der Waals surface area contributed by atoms with Gasteiger partial charge in [-0.05, 0) is 45.8 Å². The van der Waals surface area contributed by atoms with E-state index >= 15 is 0 Å². The molecule has 0 aliphatic rings. The molecule has 0 radical (unpaired) electrons. The van der Waals surface area contributed by atoms with Crippen molar-refractivity contribution in [1.29, 1.82) is 0 Å². The highest BCUT2D eigenvalue weighted by molar-refractivity contribution is 6.89. The zero-order valence-corrected chi connectivity index (χ0v) is 17.0. The van der Waals surface area contributed by atoms with Crippen LogP contribution < -0.4 is 0 Å². The van der Waals surface area contributed by atoms with E-state index in [-0.39, 0.29) is 0 Å². The fraction of sp³-hybridized carbons (Fsp3) is 0.636. The predicted molar refractivity (Wildman–Crippen MR) is 89.1 cm³/mol. The van der Waals surface area contributed by atoms with Crippen LogP contribution in [0.5, 0.6) is 0 Å². The van der Waals surface area contributed by atoms with E-state index in [4.69, 9.17) is 12.3 Å². The van der Waals surface area contributed by atoms with Crippen LogP contribution in [0, 0.1) is 0 Å². The lowest BCUT2D eigenvalue weighted by molar-refractivity contribution is 0.337. The smallest absolute Gasteiger partial charge is 0.312 e. The Bertz CT molecular complexity index is 303. The summed E-state index contributed by atoms with van der Waals surface area (Å²) in [5, 5.41) is 0. The topological polar surface area (TPSA) is 27.7 Å². The van der Waals surface area contributed by atoms with E-state index < -0.39 is 34.5 Å². The molecular formula is C11H28O3Si4. The Morgan fingerprint density at radius 3 is 1.78 bits per heavy atom.